The lowest BCUT2D eigenvalue weighted by Crippen LogP contribution is -2.13. The van der Waals surface area contributed by atoms with Crippen LogP contribution in [0, 0.1) is 0 Å². The zero-order valence-electron chi connectivity index (χ0n) is 10.9. The molecule has 1 atom stereocenters. The monoisotopic (exact) mass is 245 g/mol. The van der Waals surface area contributed by atoms with E-state index in [4.69, 9.17) is 5.73 Å². The van der Waals surface area contributed by atoms with Gasteiger partial charge in [-0.15, -0.1) is 5.10 Å². The zero-order chi connectivity index (χ0) is 13.0. The van der Waals surface area contributed by atoms with Crippen molar-refractivity contribution in [2.75, 3.05) is 0 Å². The molecule has 0 saturated heterocycles. The maximum absolute atomic E-state index is 5.83. The number of tetrazole rings is 1. The number of hydrogen-bond donors (Lipinski definition) is 1. The second kappa shape index (κ2) is 5.73. The number of aromatic nitrogens is 4. The first-order valence-electron chi connectivity index (χ1n) is 6.35. The summed E-state index contributed by atoms with van der Waals surface area (Å²) in [5, 5.41) is 11.6. The molecule has 0 radical (unpaired) electrons. The SMILES string of the molecule is CCCCc1ccc(-n2nnnc2C(C)N)cc1. The molecule has 0 saturated carbocycles. The molecule has 1 aromatic heterocycles. The summed E-state index contributed by atoms with van der Waals surface area (Å²) >= 11 is 0. The number of benzene rings is 1. The molecule has 0 aliphatic heterocycles. The Morgan fingerprint density at radius 3 is 2.61 bits per heavy atom. The maximum Gasteiger partial charge on any atom is 0.173 e. The summed E-state index contributed by atoms with van der Waals surface area (Å²) in [6.45, 7) is 4.07. The molecule has 2 rings (SSSR count). The molecule has 0 aliphatic carbocycles. The van der Waals surface area contributed by atoms with Gasteiger partial charge in [-0.25, -0.2) is 0 Å². The van der Waals surface area contributed by atoms with Gasteiger partial charge in [0, 0.05) is 0 Å². The van der Waals surface area contributed by atoms with E-state index in [1.807, 2.05) is 19.1 Å². The summed E-state index contributed by atoms with van der Waals surface area (Å²) in [6, 6.07) is 8.13. The molecule has 5 nitrogen and oxygen atoms in total. The van der Waals surface area contributed by atoms with Crippen LogP contribution in [0.1, 0.15) is 44.1 Å². The van der Waals surface area contributed by atoms with Gasteiger partial charge in [-0.3, -0.25) is 0 Å². The Kier molecular flexibility index (Phi) is 4.04. The Bertz CT molecular complexity index is 486. The molecule has 0 aliphatic rings. The average molecular weight is 245 g/mol. The molecular formula is C13H19N5. The van der Waals surface area contributed by atoms with E-state index in [-0.39, 0.29) is 6.04 Å². The van der Waals surface area contributed by atoms with Crippen molar-refractivity contribution in [2.24, 2.45) is 5.73 Å². The van der Waals surface area contributed by atoms with Gasteiger partial charge in [0.15, 0.2) is 5.82 Å². The minimum Gasteiger partial charge on any atom is -0.321 e. The summed E-state index contributed by atoms with van der Waals surface area (Å²) in [7, 11) is 0. The Labute approximate surface area is 107 Å². The number of rotatable bonds is 5. The molecule has 1 aromatic carbocycles. The first-order chi connectivity index (χ1) is 8.72. The molecule has 0 spiro atoms. The summed E-state index contributed by atoms with van der Waals surface area (Å²) in [5.74, 6) is 0.677. The lowest BCUT2D eigenvalue weighted by molar-refractivity contribution is 0.688. The maximum atomic E-state index is 5.83. The van der Waals surface area contributed by atoms with Gasteiger partial charge in [-0.05, 0) is 47.9 Å². The van der Waals surface area contributed by atoms with Crippen LogP contribution in [0.4, 0.5) is 0 Å². The van der Waals surface area contributed by atoms with Gasteiger partial charge in [0.25, 0.3) is 0 Å². The van der Waals surface area contributed by atoms with Gasteiger partial charge in [0.2, 0.25) is 0 Å². The quantitative estimate of drug-likeness (QED) is 0.875. The van der Waals surface area contributed by atoms with Crippen molar-refractivity contribution in [3.8, 4) is 5.69 Å². The minimum atomic E-state index is -0.181. The molecule has 2 aromatic rings. The third kappa shape index (κ3) is 2.73. The third-order valence-electron chi connectivity index (χ3n) is 2.90. The van der Waals surface area contributed by atoms with Gasteiger partial charge >= 0.3 is 0 Å². The summed E-state index contributed by atoms with van der Waals surface area (Å²) < 4.78 is 1.69. The van der Waals surface area contributed by atoms with Crippen LogP contribution in [0.3, 0.4) is 0 Å². The second-order valence-corrected chi connectivity index (χ2v) is 4.51. The number of aryl methyl sites for hydroxylation is 1. The van der Waals surface area contributed by atoms with Gasteiger partial charge in [0.05, 0.1) is 11.7 Å². The second-order valence-electron chi connectivity index (χ2n) is 4.51. The van der Waals surface area contributed by atoms with Gasteiger partial charge in [0.1, 0.15) is 0 Å². The minimum absolute atomic E-state index is 0.181. The topological polar surface area (TPSA) is 69.6 Å². The van der Waals surface area contributed by atoms with Crippen molar-refractivity contribution in [1.82, 2.24) is 20.2 Å². The molecule has 0 fully saturated rings. The standard InChI is InChI=1S/C13H19N5/c1-3-4-5-11-6-8-12(9-7-11)18-13(10(2)14)15-16-17-18/h6-10H,3-5,14H2,1-2H3. The van der Waals surface area contributed by atoms with E-state index in [1.165, 1.54) is 18.4 Å². The molecule has 18 heavy (non-hydrogen) atoms. The van der Waals surface area contributed by atoms with E-state index >= 15 is 0 Å². The van der Waals surface area contributed by atoms with Crippen LogP contribution in [-0.2, 0) is 6.42 Å². The summed E-state index contributed by atoms with van der Waals surface area (Å²) in [5.41, 5.74) is 8.12. The van der Waals surface area contributed by atoms with Crippen molar-refractivity contribution in [2.45, 2.75) is 39.2 Å². The fourth-order valence-electron chi connectivity index (χ4n) is 1.85. The molecular weight excluding hydrogens is 226 g/mol. The van der Waals surface area contributed by atoms with E-state index in [0.717, 1.165) is 12.1 Å². The number of nitrogens with two attached hydrogens (primary N) is 1. The van der Waals surface area contributed by atoms with Gasteiger partial charge in [-0.2, -0.15) is 4.68 Å². The lowest BCUT2D eigenvalue weighted by Gasteiger charge is -2.07. The zero-order valence-corrected chi connectivity index (χ0v) is 10.9. The lowest BCUT2D eigenvalue weighted by atomic mass is 10.1. The third-order valence-corrected chi connectivity index (χ3v) is 2.90. The van der Waals surface area contributed by atoms with Crippen LogP contribution in [0.15, 0.2) is 24.3 Å². The summed E-state index contributed by atoms with van der Waals surface area (Å²) in [4.78, 5) is 0. The predicted octanol–water partition coefficient (Wildman–Crippen LogP) is 2.02. The van der Waals surface area contributed by atoms with Crippen LogP contribution < -0.4 is 5.73 Å². The number of nitrogens with zero attached hydrogens (tertiary/aromatic N) is 4. The first kappa shape index (κ1) is 12.7. The first-order valence-corrected chi connectivity index (χ1v) is 6.35. The highest BCUT2D eigenvalue weighted by molar-refractivity contribution is 5.34. The fraction of sp³-hybridized carbons (Fsp3) is 0.462. The highest BCUT2D eigenvalue weighted by Crippen LogP contribution is 2.14. The fourth-order valence-corrected chi connectivity index (χ4v) is 1.85. The summed E-state index contributed by atoms with van der Waals surface area (Å²) in [6.07, 6.45) is 3.55. The van der Waals surface area contributed by atoms with E-state index < -0.39 is 0 Å². The molecule has 0 bridgehead atoms. The highest BCUT2D eigenvalue weighted by Gasteiger charge is 2.11. The van der Waals surface area contributed by atoms with Crippen LogP contribution in [-0.4, -0.2) is 20.2 Å². The number of hydrogen-bond acceptors (Lipinski definition) is 4. The largest absolute Gasteiger partial charge is 0.321 e. The van der Waals surface area contributed by atoms with Crippen LogP contribution in [0.25, 0.3) is 5.69 Å². The predicted molar refractivity (Wildman–Crippen MR) is 70.4 cm³/mol. The van der Waals surface area contributed by atoms with Crippen LogP contribution >= 0.6 is 0 Å². The van der Waals surface area contributed by atoms with Crippen molar-refractivity contribution in [3.63, 3.8) is 0 Å². The van der Waals surface area contributed by atoms with Gasteiger partial charge in [-0.1, -0.05) is 25.5 Å². The van der Waals surface area contributed by atoms with Crippen LogP contribution in [0.5, 0.6) is 0 Å². The Morgan fingerprint density at radius 2 is 2.00 bits per heavy atom. The molecule has 1 unspecified atom stereocenters. The average Bonchev–Trinajstić information content (AvgIpc) is 2.86. The molecule has 5 heteroatoms. The van der Waals surface area contributed by atoms with Crippen molar-refractivity contribution in [1.29, 1.82) is 0 Å². The van der Waals surface area contributed by atoms with Gasteiger partial charge < -0.3 is 5.73 Å². The van der Waals surface area contributed by atoms with Crippen LogP contribution in [0.2, 0.25) is 0 Å². The Balaban J connectivity index is 2.21. The van der Waals surface area contributed by atoms with E-state index in [0.29, 0.717) is 5.82 Å². The van der Waals surface area contributed by atoms with Crippen molar-refractivity contribution >= 4 is 0 Å². The van der Waals surface area contributed by atoms with E-state index in [9.17, 15) is 0 Å². The molecule has 1 heterocycles. The smallest absolute Gasteiger partial charge is 0.173 e. The Morgan fingerprint density at radius 1 is 1.28 bits per heavy atom. The van der Waals surface area contributed by atoms with Crippen molar-refractivity contribution in [3.05, 3.63) is 35.7 Å². The van der Waals surface area contributed by atoms with E-state index in [1.54, 1.807) is 4.68 Å². The molecule has 2 N–H and O–H groups in total. The molecule has 96 valence electrons. The van der Waals surface area contributed by atoms with E-state index in [2.05, 4.69) is 34.6 Å². The molecule has 0 amide bonds. The highest BCUT2D eigenvalue weighted by atomic mass is 15.5. The van der Waals surface area contributed by atoms with Crippen molar-refractivity contribution < 1.29 is 0 Å². The Hall–Kier alpha value is -1.75. The number of unbranched alkanes of at least 4 members (excludes halogenated alkanes) is 1. The normalized spacial score (nSPS) is 12.6.